The molecule has 0 fully saturated rings. The summed E-state index contributed by atoms with van der Waals surface area (Å²) in [7, 11) is 0. The van der Waals surface area contributed by atoms with Gasteiger partial charge < -0.3 is 0 Å². The molecule has 0 aliphatic carbocycles. The minimum atomic E-state index is 1.23. The van der Waals surface area contributed by atoms with Crippen molar-refractivity contribution in [2.24, 2.45) is 0 Å². The topological polar surface area (TPSA) is 8.81 Å². The van der Waals surface area contributed by atoms with Crippen molar-refractivity contribution >= 4 is 0 Å². The highest BCUT2D eigenvalue weighted by Gasteiger charge is 2.16. The molecule has 0 atom stereocenters. The predicted molar refractivity (Wildman–Crippen MR) is 235 cm³/mol. The van der Waals surface area contributed by atoms with E-state index in [4.69, 9.17) is 0 Å². The van der Waals surface area contributed by atoms with Gasteiger partial charge in [0.1, 0.15) is 12.4 Å². The summed E-state index contributed by atoms with van der Waals surface area (Å²) in [4.78, 5) is 0. The number of hydrogen-bond acceptors (Lipinski definition) is 0. The van der Waals surface area contributed by atoms with Crippen molar-refractivity contribution in [3.8, 4) is 0 Å². The molecule has 0 aromatic carbocycles. The van der Waals surface area contributed by atoms with Gasteiger partial charge in [-0.25, -0.2) is 9.13 Å². The molecule has 0 saturated carbocycles. The van der Waals surface area contributed by atoms with E-state index < -0.39 is 0 Å². The first-order chi connectivity index (χ1) is 25.8. The molecule has 0 aliphatic heterocycles. The molecule has 308 valence electrons. The minimum absolute atomic E-state index is 1.23. The molecule has 0 N–H and O–H groups in total. The number of unbranched alkanes of at least 4 members (excludes halogenated alkanes) is 38. The summed E-state index contributed by atoms with van der Waals surface area (Å²) < 4.78 is 5.31. The molecule has 52 heavy (non-hydrogen) atoms. The van der Waals surface area contributed by atoms with Gasteiger partial charge in [0.25, 0.3) is 5.82 Å². The zero-order valence-corrected chi connectivity index (χ0v) is 36.7. The number of imidazole rings is 1. The van der Waals surface area contributed by atoms with Gasteiger partial charge in [-0.15, -0.1) is 0 Å². The zero-order valence-electron chi connectivity index (χ0n) is 36.7. The van der Waals surface area contributed by atoms with Crippen LogP contribution < -0.4 is 4.57 Å². The van der Waals surface area contributed by atoms with Crippen LogP contribution in [0.5, 0.6) is 0 Å². The quantitative estimate of drug-likeness (QED) is 0.0467. The maximum atomic E-state index is 2.66. The molecule has 1 rings (SSSR count). The average molecular weight is 728 g/mol. The maximum absolute atomic E-state index is 2.66. The summed E-state index contributed by atoms with van der Waals surface area (Å²) in [6.45, 7) is 9.42. The fourth-order valence-corrected chi connectivity index (χ4v) is 8.45. The van der Waals surface area contributed by atoms with Gasteiger partial charge in [-0.1, -0.05) is 252 Å². The van der Waals surface area contributed by atoms with Crippen LogP contribution in [0.2, 0.25) is 0 Å². The molecule has 1 aromatic rings. The first-order valence-electron chi connectivity index (χ1n) is 24.9. The fourth-order valence-electron chi connectivity index (χ4n) is 8.45. The largest absolute Gasteiger partial charge is 0.256 e. The van der Waals surface area contributed by atoms with E-state index in [9.17, 15) is 0 Å². The first-order valence-corrected chi connectivity index (χ1v) is 24.9. The second-order valence-electron chi connectivity index (χ2n) is 17.3. The summed E-state index contributed by atoms with van der Waals surface area (Å²) in [6.07, 6.45) is 65.3. The van der Waals surface area contributed by atoms with Gasteiger partial charge in [-0.3, -0.25) is 0 Å². The third kappa shape index (κ3) is 32.6. The van der Waals surface area contributed by atoms with E-state index in [0.717, 1.165) is 0 Å². The van der Waals surface area contributed by atoms with Crippen molar-refractivity contribution in [3.63, 3.8) is 0 Å². The molecule has 0 saturated heterocycles. The van der Waals surface area contributed by atoms with Crippen LogP contribution >= 0.6 is 0 Å². The lowest BCUT2D eigenvalue weighted by Gasteiger charge is -2.07. The highest BCUT2D eigenvalue weighted by atomic mass is 15.1. The third-order valence-corrected chi connectivity index (χ3v) is 12.1. The lowest BCUT2D eigenvalue weighted by Crippen LogP contribution is -2.37. The van der Waals surface area contributed by atoms with Crippen LogP contribution in [0.25, 0.3) is 0 Å². The predicted octanol–water partition coefficient (Wildman–Crippen LogP) is 17.4. The Morgan fingerprint density at radius 1 is 0.327 bits per heavy atom. The van der Waals surface area contributed by atoms with Crippen molar-refractivity contribution in [1.82, 2.24) is 4.57 Å². The van der Waals surface area contributed by atoms with Gasteiger partial charge in [0, 0.05) is 6.42 Å². The third-order valence-electron chi connectivity index (χ3n) is 12.1. The Morgan fingerprint density at radius 2 is 0.596 bits per heavy atom. The van der Waals surface area contributed by atoms with E-state index in [-0.39, 0.29) is 0 Å². The van der Waals surface area contributed by atoms with E-state index >= 15 is 0 Å². The maximum Gasteiger partial charge on any atom is 0.256 e. The summed E-state index contributed by atoms with van der Waals surface area (Å²) >= 11 is 0. The molecule has 0 unspecified atom stereocenters. The average Bonchev–Trinajstić information content (AvgIpc) is 3.54. The van der Waals surface area contributed by atoms with Crippen LogP contribution in [-0.2, 0) is 19.5 Å². The van der Waals surface area contributed by atoms with Gasteiger partial charge in [-0.2, -0.15) is 0 Å². The number of aryl methyl sites for hydroxylation is 2. The summed E-state index contributed by atoms with van der Waals surface area (Å²) in [6, 6.07) is 0. The molecule has 2 nitrogen and oxygen atoms in total. The Bertz CT molecular complexity index is 796. The van der Waals surface area contributed by atoms with Crippen LogP contribution in [0.4, 0.5) is 0 Å². The molecule has 1 aromatic heterocycles. The van der Waals surface area contributed by atoms with Crippen LogP contribution in [0.15, 0.2) is 12.4 Å². The molecule has 0 spiro atoms. The Kier molecular flexibility index (Phi) is 39.2. The second kappa shape index (κ2) is 41.4. The Morgan fingerprint density at radius 3 is 0.923 bits per heavy atom. The molecule has 0 bridgehead atoms. The van der Waals surface area contributed by atoms with Crippen molar-refractivity contribution in [2.75, 3.05) is 0 Å². The summed E-state index contributed by atoms with van der Waals surface area (Å²) in [5.41, 5.74) is 0. The van der Waals surface area contributed by atoms with Gasteiger partial charge in [-0.05, 0) is 32.1 Å². The standard InChI is InChI=1S/C50H99N2/c1-4-7-10-13-16-19-21-23-25-26-28-30-32-35-38-41-44-47-52-49-48-51(46-43-40-37-34-18-15-12-9-6-3)50(52)45-42-39-36-33-31-29-27-24-22-20-17-14-11-8-5-2/h48-49H,4-47H2,1-3H3/q+1. The SMILES string of the molecule is CCCCCCCCCCCCCCCCCCCn1cc[n+](CCCCCCCCCCC)c1CCCCCCCCCCCCCCCCC. The Labute approximate surface area is 329 Å². The minimum Gasteiger partial charge on any atom is -0.234 e. The van der Waals surface area contributed by atoms with Crippen LogP contribution in [0.1, 0.15) is 290 Å². The van der Waals surface area contributed by atoms with Crippen molar-refractivity contribution in [2.45, 2.75) is 304 Å². The van der Waals surface area contributed by atoms with E-state index in [1.165, 1.54) is 283 Å². The number of rotatable bonds is 44. The van der Waals surface area contributed by atoms with Crippen LogP contribution in [0.3, 0.4) is 0 Å². The van der Waals surface area contributed by atoms with E-state index in [2.05, 4.69) is 42.3 Å². The van der Waals surface area contributed by atoms with Crippen LogP contribution in [-0.4, -0.2) is 4.57 Å². The second-order valence-corrected chi connectivity index (χ2v) is 17.3. The van der Waals surface area contributed by atoms with E-state index in [1.54, 1.807) is 5.82 Å². The molecule has 1 heterocycles. The number of hydrogen-bond donors (Lipinski definition) is 0. The highest BCUT2D eigenvalue weighted by Crippen LogP contribution is 2.17. The Hall–Kier alpha value is -0.790. The molecule has 0 aliphatic rings. The van der Waals surface area contributed by atoms with E-state index in [0.29, 0.717) is 0 Å². The molecule has 0 amide bonds. The molecular weight excluding hydrogens is 629 g/mol. The van der Waals surface area contributed by atoms with Gasteiger partial charge in [0.15, 0.2) is 0 Å². The number of aromatic nitrogens is 2. The summed E-state index contributed by atoms with van der Waals surface area (Å²) in [5, 5.41) is 0. The Balaban J connectivity index is 2.22. The smallest absolute Gasteiger partial charge is 0.234 e. The highest BCUT2D eigenvalue weighted by molar-refractivity contribution is 4.84. The first kappa shape index (κ1) is 49.2. The number of nitrogens with zero attached hydrogens (tertiary/aromatic N) is 2. The lowest BCUT2D eigenvalue weighted by atomic mass is 10.0. The van der Waals surface area contributed by atoms with Crippen molar-refractivity contribution in [3.05, 3.63) is 18.2 Å². The molecule has 0 radical (unpaired) electrons. The van der Waals surface area contributed by atoms with Gasteiger partial charge in [0.2, 0.25) is 0 Å². The fraction of sp³-hybridized carbons (Fsp3) is 0.940. The van der Waals surface area contributed by atoms with E-state index in [1.807, 2.05) is 0 Å². The van der Waals surface area contributed by atoms with Gasteiger partial charge in [0.05, 0.1) is 13.1 Å². The normalized spacial score (nSPS) is 11.7. The molecule has 2 heteroatoms. The van der Waals surface area contributed by atoms with Gasteiger partial charge >= 0.3 is 0 Å². The van der Waals surface area contributed by atoms with Crippen LogP contribution in [0, 0.1) is 0 Å². The monoisotopic (exact) mass is 728 g/mol. The van der Waals surface area contributed by atoms with Crippen molar-refractivity contribution < 1.29 is 4.57 Å². The van der Waals surface area contributed by atoms with Crippen molar-refractivity contribution in [1.29, 1.82) is 0 Å². The zero-order chi connectivity index (χ0) is 37.3. The molecular formula is C50H99N2+. The summed E-state index contributed by atoms with van der Waals surface area (Å²) in [5.74, 6) is 1.63. The lowest BCUT2D eigenvalue weighted by molar-refractivity contribution is -0.704.